The molecule has 1 amide bonds. The van der Waals surface area contributed by atoms with Crippen molar-refractivity contribution in [2.45, 2.75) is 33.7 Å². The van der Waals surface area contributed by atoms with E-state index in [0.717, 1.165) is 11.1 Å². The van der Waals surface area contributed by atoms with Gasteiger partial charge in [0.2, 0.25) is 5.91 Å². The molecular formula is C15H24N2O2. The topological polar surface area (TPSA) is 61.4 Å². The van der Waals surface area contributed by atoms with Crippen LogP contribution in [0, 0.1) is 12.8 Å². The predicted molar refractivity (Wildman–Crippen MR) is 77.1 cm³/mol. The van der Waals surface area contributed by atoms with Gasteiger partial charge in [0.05, 0.1) is 6.54 Å². The first-order chi connectivity index (χ1) is 8.90. The lowest BCUT2D eigenvalue weighted by molar-refractivity contribution is -0.120. The molecule has 0 spiro atoms. The van der Waals surface area contributed by atoms with Crippen LogP contribution in [0.2, 0.25) is 0 Å². The number of benzene rings is 1. The summed E-state index contributed by atoms with van der Waals surface area (Å²) >= 11 is 0. The minimum absolute atomic E-state index is 0.0212. The lowest BCUT2D eigenvalue weighted by atomic mass is 10.1. The first-order valence-electron chi connectivity index (χ1n) is 6.69. The summed E-state index contributed by atoms with van der Waals surface area (Å²) in [4.78, 5) is 11.6. The van der Waals surface area contributed by atoms with E-state index in [2.05, 4.69) is 24.5 Å². The van der Waals surface area contributed by atoms with Crippen molar-refractivity contribution < 1.29 is 9.90 Å². The molecule has 4 nitrogen and oxygen atoms in total. The van der Waals surface area contributed by atoms with Gasteiger partial charge in [-0.25, -0.2) is 0 Å². The van der Waals surface area contributed by atoms with E-state index in [1.54, 1.807) is 6.07 Å². The van der Waals surface area contributed by atoms with Gasteiger partial charge in [0.1, 0.15) is 5.75 Å². The highest BCUT2D eigenvalue weighted by Gasteiger charge is 2.11. The molecule has 0 fully saturated rings. The van der Waals surface area contributed by atoms with Crippen LogP contribution >= 0.6 is 0 Å². The summed E-state index contributed by atoms with van der Waals surface area (Å²) in [6.45, 7) is 8.91. The predicted octanol–water partition coefficient (Wildman–Crippen LogP) is 2.12. The fourth-order valence-electron chi connectivity index (χ4n) is 1.76. The molecule has 0 heterocycles. The Balaban J connectivity index is 2.46. The summed E-state index contributed by atoms with van der Waals surface area (Å²) in [5.74, 6) is 0.692. The third kappa shape index (κ3) is 5.30. The highest BCUT2D eigenvalue weighted by atomic mass is 16.3. The Kier molecular flexibility index (Phi) is 5.83. The van der Waals surface area contributed by atoms with Crippen molar-refractivity contribution in [3.8, 4) is 5.75 Å². The molecule has 4 heteroatoms. The fraction of sp³-hybridized carbons (Fsp3) is 0.533. The number of aromatic hydroxyl groups is 1. The van der Waals surface area contributed by atoms with E-state index in [1.165, 1.54) is 0 Å². The first-order valence-corrected chi connectivity index (χ1v) is 6.69. The average molecular weight is 264 g/mol. The van der Waals surface area contributed by atoms with Crippen LogP contribution in [-0.2, 0) is 4.79 Å². The number of aryl methyl sites for hydroxylation is 1. The van der Waals surface area contributed by atoms with Crippen LogP contribution in [0.5, 0.6) is 5.75 Å². The maximum absolute atomic E-state index is 11.6. The lowest BCUT2D eigenvalue weighted by Gasteiger charge is -2.16. The van der Waals surface area contributed by atoms with Crippen molar-refractivity contribution in [3.63, 3.8) is 0 Å². The van der Waals surface area contributed by atoms with Gasteiger partial charge in [-0.2, -0.15) is 0 Å². The Morgan fingerprint density at radius 3 is 2.58 bits per heavy atom. The van der Waals surface area contributed by atoms with Crippen LogP contribution in [0.25, 0.3) is 0 Å². The molecule has 1 aromatic carbocycles. The molecule has 0 aliphatic rings. The van der Waals surface area contributed by atoms with Crippen molar-refractivity contribution >= 4 is 5.91 Å². The Bertz CT molecular complexity index is 430. The first kappa shape index (κ1) is 15.5. The van der Waals surface area contributed by atoms with Gasteiger partial charge in [-0.05, 0) is 31.4 Å². The van der Waals surface area contributed by atoms with Gasteiger partial charge in [-0.15, -0.1) is 0 Å². The smallest absolute Gasteiger partial charge is 0.233 e. The standard InChI is InChI=1S/C15H24N2O2/c1-10(2)8-17-15(19)9-16-12(4)13-6-5-11(3)7-14(13)18/h5-7,10,12,16,18H,8-9H2,1-4H3,(H,17,19). The number of hydrogen-bond acceptors (Lipinski definition) is 3. The molecule has 0 saturated heterocycles. The molecule has 0 aliphatic carbocycles. The lowest BCUT2D eigenvalue weighted by Crippen LogP contribution is -2.36. The largest absolute Gasteiger partial charge is 0.508 e. The number of phenols is 1. The Morgan fingerprint density at radius 1 is 1.32 bits per heavy atom. The van der Waals surface area contributed by atoms with Crippen LogP contribution in [0.3, 0.4) is 0 Å². The zero-order valence-corrected chi connectivity index (χ0v) is 12.2. The van der Waals surface area contributed by atoms with Gasteiger partial charge in [0.15, 0.2) is 0 Å². The molecule has 0 radical (unpaired) electrons. The number of rotatable bonds is 6. The van der Waals surface area contributed by atoms with Crippen LogP contribution in [0.4, 0.5) is 0 Å². The number of carbonyl (C=O) groups is 1. The number of phenolic OH excluding ortho intramolecular Hbond substituents is 1. The molecule has 0 saturated carbocycles. The number of carbonyl (C=O) groups excluding carboxylic acids is 1. The van der Waals surface area contributed by atoms with E-state index in [0.29, 0.717) is 12.5 Å². The van der Waals surface area contributed by atoms with E-state index in [4.69, 9.17) is 0 Å². The van der Waals surface area contributed by atoms with Gasteiger partial charge in [-0.1, -0.05) is 26.0 Å². The maximum Gasteiger partial charge on any atom is 0.233 e. The third-order valence-electron chi connectivity index (χ3n) is 2.93. The highest BCUT2D eigenvalue weighted by molar-refractivity contribution is 5.78. The van der Waals surface area contributed by atoms with Crippen LogP contribution in [-0.4, -0.2) is 24.1 Å². The van der Waals surface area contributed by atoms with Crippen LogP contribution < -0.4 is 10.6 Å². The molecule has 1 rings (SSSR count). The summed E-state index contributed by atoms with van der Waals surface area (Å²) < 4.78 is 0. The molecule has 19 heavy (non-hydrogen) atoms. The van der Waals surface area contributed by atoms with Gasteiger partial charge in [-0.3, -0.25) is 4.79 Å². The van der Waals surface area contributed by atoms with Crippen molar-refractivity contribution in [2.75, 3.05) is 13.1 Å². The van der Waals surface area contributed by atoms with E-state index in [9.17, 15) is 9.90 Å². The molecule has 0 bridgehead atoms. The van der Waals surface area contributed by atoms with E-state index in [1.807, 2.05) is 26.0 Å². The van der Waals surface area contributed by atoms with Crippen LogP contribution in [0.1, 0.15) is 37.9 Å². The summed E-state index contributed by atoms with van der Waals surface area (Å²) in [6.07, 6.45) is 0. The molecule has 3 N–H and O–H groups in total. The summed E-state index contributed by atoms with van der Waals surface area (Å²) in [6, 6.07) is 5.50. The van der Waals surface area contributed by atoms with Gasteiger partial charge < -0.3 is 15.7 Å². The van der Waals surface area contributed by atoms with E-state index >= 15 is 0 Å². The number of hydrogen-bond donors (Lipinski definition) is 3. The van der Waals surface area contributed by atoms with Crippen molar-refractivity contribution in [1.29, 1.82) is 0 Å². The Hall–Kier alpha value is -1.55. The number of nitrogens with one attached hydrogen (secondary N) is 2. The molecule has 106 valence electrons. The summed E-state index contributed by atoms with van der Waals surface area (Å²) in [5, 5.41) is 15.8. The second-order valence-corrected chi connectivity index (χ2v) is 5.36. The van der Waals surface area contributed by atoms with Crippen LogP contribution in [0.15, 0.2) is 18.2 Å². The van der Waals surface area contributed by atoms with Crippen molar-refractivity contribution in [2.24, 2.45) is 5.92 Å². The number of amides is 1. The summed E-state index contributed by atoms with van der Waals surface area (Å²) in [7, 11) is 0. The minimum atomic E-state index is -0.0644. The summed E-state index contributed by atoms with van der Waals surface area (Å²) in [5.41, 5.74) is 1.82. The molecule has 1 atom stereocenters. The van der Waals surface area contributed by atoms with Gasteiger partial charge in [0.25, 0.3) is 0 Å². The van der Waals surface area contributed by atoms with Crippen molar-refractivity contribution in [3.05, 3.63) is 29.3 Å². The van der Waals surface area contributed by atoms with Crippen molar-refractivity contribution in [1.82, 2.24) is 10.6 Å². The third-order valence-corrected chi connectivity index (χ3v) is 2.93. The monoisotopic (exact) mass is 264 g/mol. The zero-order valence-electron chi connectivity index (χ0n) is 12.2. The normalized spacial score (nSPS) is 12.5. The molecule has 0 aliphatic heterocycles. The highest BCUT2D eigenvalue weighted by Crippen LogP contribution is 2.24. The molecule has 1 aromatic rings. The van der Waals surface area contributed by atoms with Gasteiger partial charge in [0, 0.05) is 18.2 Å². The molecular weight excluding hydrogens is 240 g/mol. The molecule has 1 unspecified atom stereocenters. The Labute approximate surface area is 115 Å². The second-order valence-electron chi connectivity index (χ2n) is 5.36. The average Bonchev–Trinajstić information content (AvgIpc) is 2.33. The molecule has 0 aromatic heterocycles. The quantitative estimate of drug-likeness (QED) is 0.737. The van der Waals surface area contributed by atoms with E-state index < -0.39 is 0 Å². The second kappa shape index (κ2) is 7.14. The van der Waals surface area contributed by atoms with E-state index in [-0.39, 0.29) is 24.2 Å². The minimum Gasteiger partial charge on any atom is -0.508 e. The SMILES string of the molecule is Cc1ccc(C(C)NCC(=O)NCC(C)C)c(O)c1. The van der Waals surface area contributed by atoms with Gasteiger partial charge >= 0.3 is 0 Å². The fourth-order valence-corrected chi connectivity index (χ4v) is 1.76. The Morgan fingerprint density at radius 2 is 2.00 bits per heavy atom. The maximum atomic E-state index is 11.6. The zero-order chi connectivity index (χ0) is 14.4.